The van der Waals surface area contributed by atoms with Gasteiger partial charge in [-0.1, -0.05) is 42.8 Å². The van der Waals surface area contributed by atoms with Crippen molar-refractivity contribution in [2.45, 2.75) is 52.8 Å². The molecule has 17 heavy (non-hydrogen) atoms. The molecule has 0 saturated heterocycles. The molecule has 0 aliphatic carbocycles. The Morgan fingerprint density at radius 1 is 1.12 bits per heavy atom. The fraction of sp³-hybridized carbons (Fsp3) is 0.571. The lowest BCUT2D eigenvalue weighted by atomic mass is 10.1. The Hall–Kier alpha value is -0.283. The summed E-state index contributed by atoms with van der Waals surface area (Å²) in [4.78, 5) is 0. The normalized spacial score (nSPS) is 12.7. The number of benzene rings is 1. The van der Waals surface area contributed by atoms with Crippen molar-refractivity contribution >= 4 is 24.2 Å². The molecular formula is C14H23BrOSi. The van der Waals surface area contributed by atoms with Crippen LogP contribution in [-0.2, 0) is 0 Å². The molecular weight excluding hydrogens is 292 g/mol. The summed E-state index contributed by atoms with van der Waals surface area (Å²) in [5, 5.41) is 0.233. The third-order valence-electron chi connectivity index (χ3n) is 3.70. The maximum Gasteiger partial charge on any atom is 0.250 e. The second-order valence-electron chi connectivity index (χ2n) is 6.18. The molecule has 0 saturated carbocycles. The highest BCUT2D eigenvalue weighted by Gasteiger charge is 2.39. The van der Waals surface area contributed by atoms with E-state index in [2.05, 4.69) is 75.8 Å². The number of rotatable bonds is 2. The van der Waals surface area contributed by atoms with Gasteiger partial charge in [-0.3, -0.25) is 0 Å². The second-order valence-corrected chi connectivity index (χ2v) is 11.7. The largest absolute Gasteiger partial charge is 0.543 e. The van der Waals surface area contributed by atoms with Crippen molar-refractivity contribution in [2.24, 2.45) is 0 Å². The molecule has 0 aliphatic heterocycles. The average Bonchev–Trinajstić information content (AvgIpc) is 2.17. The minimum atomic E-state index is -1.74. The van der Waals surface area contributed by atoms with Gasteiger partial charge >= 0.3 is 0 Å². The minimum Gasteiger partial charge on any atom is -0.543 e. The van der Waals surface area contributed by atoms with Crippen LogP contribution in [0.15, 0.2) is 16.6 Å². The van der Waals surface area contributed by atoms with Gasteiger partial charge in [-0.05, 0) is 43.6 Å². The van der Waals surface area contributed by atoms with Gasteiger partial charge in [0.05, 0.1) is 0 Å². The van der Waals surface area contributed by atoms with Crippen molar-refractivity contribution < 1.29 is 4.43 Å². The fourth-order valence-corrected chi connectivity index (χ4v) is 2.75. The van der Waals surface area contributed by atoms with Crippen molar-refractivity contribution in [3.8, 4) is 5.75 Å². The van der Waals surface area contributed by atoms with Crippen molar-refractivity contribution in [1.29, 1.82) is 0 Å². The Bertz CT molecular complexity index is 419. The van der Waals surface area contributed by atoms with Gasteiger partial charge in [0.25, 0.3) is 0 Å². The van der Waals surface area contributed by atoms with Crippen molar-refractivity contribution in [3.63, 3.8) is 0 Å². The maximum absolute atomic E-state index is 6.34. The van der Waals surface area contributed by atoms with Gasteiger partial charge in [0.2, 0.25) is 8.32 Å². The molecule has 0 aliphatic rings. The summed E-state index contributed by atoms with van der Waals surface area (Å²) in [7, 11) is -1.74. The zero-order valence-corrected chi connectivity index (χ0v) is 14.5. The summed E-state index contributed by atoms with van der Waals surface area (Å²) < 4.78 is 7.50. The van der Waals surface area contributed by atoms with Gasteiger partial charge in [0.15, 0.2) is 0 Å². The van der Waals surface area contributed by atoms with E-state index in [0.29, 0.717) is 0 Å². The minimum absolute atomic E-state index is 0.233. The zero-order valence-electron chi connectivity index (χ0n) is 11.9. The molecule has 1 aromatic rings. The Kier molecular flexibility index (Phi) is 4.15. The zero-order chi connectivity index (χ0) is 13.4. The smallest absolute Gasteiger partial charge is 0.250 e. The Morgan fingerprint density at radius 3 is 2.12 bits per heavy atom. The van der Waals surface area contributed by atoms with Crippen LogP contribution in [0.25, 0.3) is 0 Å². The van der Waals surface area contributed by atoms with Crippen LogP contribution in [0.1, 0.15) is 31.9 Å². The summed E-state index contributed by atoms with van der Waals surface area (Å²) in [5.41, 5.74) is 2.46. The Balaban J connectivity index is 3.09. The summed E-state index contributed by atoms with van der Waals surface area (Å²) in [6, 6.07) is 4.20. The topological polar surface area (TPSA) is 9.23 Å². The van der Waals surface area contributed by atoms with Crippen LogP contribution in [-0.4, -0.2) is 8.32 Å². The molecule has 0 N–H and O–H groups in total. The van der Waals surface area contributed by atoms with Crippen LogP contribution in [0.5, 0.6) is 5.75 Å². The lowest BCUT2D eigenvalue weighted by Crippen LogP contribution is -2.44. The summed E-state index contributed by atoms with van der Waals surface area (Å²) in [6.45, 7) is 15.6. The van der Waals surface area contributed by atoms with Crippen LogP contribution in [0.2, 0.25) is 18.1 Å². The Labute approximate surface area is 115 Å². The molecule has 1 aromatic carbocycles. The van der Waals surface area contributed by atoms with Crippen molar-refractivity contribution in [1.82, 2.24) is 0 Å². The molecule has 96 valence electrons. The van der Waals surface area contributed by atoms with E-state index in [-0.39, 0.29) is 5.04 Å². The first-order valence-corrected chi connectivity index (χ1v) is 9.71. The highest BCUT2D eigenvalue weighted by atomic mass is 79.9. The van der Waals surface area contributed by atoms with Gasteiger partial charge in [-0.2, -0.15) is 0 Å². The molecule has 0 spiro atoms. The van der Waals surface area contributed by atoms with Gasteiger partial charge in [0, 0.05) is 10.0 Å². The van der Waals surface area contributed by atoms with E-state index in [9.17, 15) is 0 Å². The van der Waals surface area contributed by atoms with Crippen LogP contribution in [0, 0.1) is 13.8 Å². The molecule has 0 fully saturated rings. The first kappa shape index (κ1) is 14.8. The van der Waals surface area contributed by atoms with E-state index < -0.39 is 8.32 Å². The van der Waals surface area contributed by atoms with E-state index in [0.717, 1.165) is 10.2 Å². The number of halogens is 1. The van der Waals surface area contributed by atoms with E-state index in [1.165, 1.54) is 11.1 Å². The van der Waals surface area contributed by atoms with Gasteiger partial charge in [-0.15, -0.1) is 0 Å². The highest BCUT2D eigenvalue weighted by Crippen LogP contribution is 2.39. The van der Waals surface area contributed by atoms with Crippen molar-refractivity contribution in [2.75, 3.05) is 0 Å². The lowest BCUT2D eigenvalue weighted by Gasteiger charge is -2.37. The van der Waals surface area contributed by atoms with Crippen LogP contribution in [0.3, 0.4) is 0 Å². The number of hydrogen-bond acceptors (Lipinski definition) is 1. The van der Waals surface area contributed by atoms with Crippen molar-refractivity contribution in [3.05, 3.63) is 27.7 Å². The average molecular weight is 315 g/mol. The quantitative estimate of drug-likeness (QED) is 0.659. The molecule has 0 unspecified atom stereocenters. The maximum atomic E-state index is 6.34. The van der Waals surface area contributed by atoms with Gasteiger partial charge in [0.1, 0.15) is 5.75 Å². The monoisotopic (exact) mass is 314 g/mol. The third-order valence-corrected chi connectivity index (χ3v) is 9.26. The summed E-state index contributed by atoms with van der Waals surface area (Å²) in [6.07, 6.45) is 0. The molecule has 3 heteroatoms. The molecule has 0 amide bonds. The molecule has 1 rings (SSSR count). The van der Waals surface area contributed by atoms with E-state index in [4.69, 9.17) is 4.43 Å². The summed E-state index contributed by atoms with van der Waals surface area (Å²) >= 11 is 3.62. The highest BCUT2D eigenvalue weighted by molar-refractivity contribution is 9.10. The van der Waals surface area contributed by atoms with E-state index in [1.54, 1.807) is 0 Å². The molecule has 0 bridgehead atoms. The fourth-order valence-electron chi connectivity index (χ4n) is 1.34. The molecule has 0 atom stereocenters. The third kappa shape index (κ3) is 3.13. The number of aryl methyl sites for hydroxylation is 1. The van der Waals surface area contributed by atoms with Crippen LogP contribution >= 0.6 is 15.9 Å². The molecule has 0 radical (unpaired) electrons. The van der Waals surface area contributed by atoms with Gasteiger partial charge in [-0.25, -0.2) is 0 Å². The predicted molar refractivity (Wildman–Crippen MR) is 81.4 cm³/mol. The molecule has 1 nitrogen and oxygen atoms in total. The summed E-state index contributed by atoms with van der Waals surface area (Å²) in [5.74, 6) is 1.02. The Morgan fingerprint density at radius 2 is 1.65 bits per heavy atom. The van der Waals surface area contributed by atoms with E-state index in [1.807, 2.05) is 0 Å². The van der Waals surface area contributed by atoms with E-state index >= 15 is 0 Å². The lowest BCUT2D eigenvalue weighted by molar-refractivity contribution is 0.489. The second kappa shape index (κ2) is 4.77. The standard InChI is InChI=1S/C14H23BrOSi/c1-10-8-9-12(11(2)13(10)15)16-17(6,7)14(3,4)5/h8-9H,1-7H3. The molecule has 0 heterocycles. The first-order chi connectivity index (χ1) is 7.56. The van der Waals surface area contributed by atoms with Crippen LogP contribution in [0.4, 0.5) is 0 Å². The number of hydrogen-bond donors (Lipinski definition) is 0. The first-order valence-electron chi connectivity index (χ1n) is 6.01. The predicted octanol–water partition coefficient (Wildman–Crippen LogP) is 5.45. The molecule has 0 aromatic heterocycles. The van der Waals surface area contributed by atoms with Crippen LogP contribution < -0.4 is 4.43 Å². The SMILES string of the molecule is Cc1ccc(O[Si](C)(C)C(C)(C)C)c(C)c1Br. The van der Waals surface area contributed by atoms with Gasteiger partial charge < -0.3 is 4.43 Å².